The monoisotopic (exact) mass is 302 g/mol. The quantitative estimate of drug-likeness (QED) is 0.757. The average molecular weight is 302 g/mol. The zero-order valence-corrected chi connectivity index (χ0v) is 13.8. The SMILES string of the molecule is CCc1ncc(S(=O)(=O)NCC(CC(C)C)N(C)C)[nH]1. The van der Waals surface area contributed by atoms with Crippen LogP contribution in [-0.2, 0) is 16.4 Å². The van der Waals surface area contributed by atoms with Crippen molar-refractivity contribution in [3.63, 3.8) is 0 Å². The molecular weight excluding hydrogens is 276 g/mol. The molecule has 0 fully saturated rings. The third-order valence-electron chi connectivity index (χ3n) is 3.21. The Morgan fingerprint density at radius 2 is 2.05 bits per heavy atom. The van der Waals surface area contributed by atoms with E-state index in [-0.39, 0.29) is 11.1 Å². The highest BCUT2D eigenvalue weighted by Crippen LogP contribution is 2.10. The molecule has 0 saturated heterocycles. The maximum Gasteiger partial charge on any atom is 0.257 e. The Kier molecular flexibility index (Phi) is 6.16. The number of hydrogen-bond donors (Lipinski definition) is 2. The molecule has 2 N–H and O–H groups in total. The third-order valence-corrected chi connectivity index (χ3v) is 4.55. The summed E-state index contributed by atoms with van der Waals surface area (Å²) in [6.45, 7) is 6.59. The molecule has 0 aliphatic carbocycles. The maximum atomic E-state index is 12.2. The highest BCUT2D eigenvalue weighted by molar-refractivity contribution is 7.89. The molecule has 0 aromatic carbocycles. The molecule has 0 amide bonds. The van der Waals surface area contributed by atoms with Crippen LogP contribution >= 0.6 is 0 Å². The van der Waals surface area contributed by atoms with Crippen molar-refractivity contribution in [1.82, 2.24) is 19.6 Å². The third kappa shape index (κ3) is 4.88. The summed E-state index contributed by atoms with van der Waals surface area (Å²) in [5, 5.41) is 0.136. The Morgan fingerprint density at radius 1 is 1.40 bits per heavy atom. The molecular formula is C13H26N4O2S. The number of hydrogen-bond acceptors (Lipinski definition) is 4. The predicted octanol–water partition coefficient (Wildman–Crippen LogP) is 1.23. The first-order chi connectivity index (χ1) is 9.26. The van der Waals surface area contributed by atoms with E-state index in [1.165, 1.54) is 6.20 Å². The van der Waals surface area contributed by atoms with Crippen molar-refractivity contribution >= 4 is 10.0 Å². The van der Waals surface area contributed by atoms with Gasteiger partial charge in [-0.1, -0.05) is 20.8 Å². The second-order valence-corrected chi connectivity index (χ2v) is 7.38. The number of H-pyrrole nitrogens is 1. The number of sulfonamides is 1. The first kappa shape index (κ1) is 17.1. The van der Waals surface area contributed by atoms with Crippen molar-refractivity contribution in [1.29, 1.82) is 0 Å². The number of nitrogens with one attached hydrogen (secondary N) is 2. The number of rotatable bonds is 8. The Hall–Kier alpha value is -0.920. The summed E-state index contributed by atoms with van der Waals surface area (Å²) >= 11 is 0. The van der Waals surface area contributed by atoms with Crippen LogP contribution in [0.4, 0.5) is 0 Å². The lowest BCUT2D eigenvalue weighted by atomic mass is 10.0. The molecule has 0 aliphatic heterocycles. The molecule has 20 heavy (non-hydrogen) atoms. The zero-order valence-electron chi connectivity index (χ0n) is 13.0. The van der Waals surface area contributed by atoms with E-state index in [4.69, 9.17) is 0 Å². The maximum absolute atomic E-state index is 12.2. The van der Waals surface area contributed by atoms with Gasteiger partial charge in [0.1, 0.15) is 5.82 Å². The number of aryl methyl sites for hydroxylation is 1. The molecule has 6 nitrogen and oxygen atoms in total. The number of likely N-dealkylation sites (N-methyl/N-ethyl adjacent to an activating group) is 1. The van der Waals surface area contributed by atoms with Gasteiger partial charge in [0.2, 0.25) is 0 Å². The van der Waals surface area contributed by atoms with Crippen molar-refractivity contribution in [2.24, 2.45) is 5.92 Å². The summed E-state index contributed by atoms with van der Waals surface area (Å²) in [5.41, 5.74) is 0. The highest BCUT2D eigenvalue weighted by Gasteiger charge is 2.20. The number of imidazole rings is 1. The van der Waals surface area contributed by atoms with Gasteiger partial charge in [0.05, 0.1) is 6.20 Å². The van der Waals surface area contributed by atoms with Crippen molar-refractivity contribution in [2.45, 2.75) is 44.7 Å². The summed E-state index contributed by atoms with van der Waals surface area (Å²) in [7, 11) is 0.421. The summed E-state index contributed by atoms with van der Waals surface area (Å²) < 4.78 is 27.0. The molecule has 1 aromatic rings. The summed E-state index contributed by atoms with van der Waals surface area (Å²) in [5.74, 6) is 1.20. The molecule has 1 unspecified atom stereocenters. The van der Waals surface area contributed by atoms with Gasteiger partial charge in [0.15, 0.2) is 5.03 Å². The highest BCUT2D eigenvalue weighted by atomic mass is 32.2. The van der Waals surface area contributed by atoms with Crippen LogP contribution in [0.15, 0.2) is 11.2 Å². The number of nitrogens with zero attached hydrogens (tertiary/aromatic N) is 2. The summed E-state index contributed by atoms with van der Waals surface area (Å²) in [6, 6.07) is 0.179. The summed E-state index contributed by atoms with van der Waals surface area (Å²) in [4.78, 5) is 8.90. The number of aromatic amines is 1. The molecule has 0 saturated carbocycles. The fourth-order valence-electron chi connectivity index (χ4n) is 1.96. The van der Waals surface area contributed by atoms with Crippen LogP contribution in [0, 0.1) is 5.92 Å². The van der Waals surface area contributed by atoms with Gasteiger partial charge < -0.3 is 9.88 Å². The standard InChI is InChI=1S/C13H26N4O2S/c1-6-12-14-9-13(16-12)20(18,19)15-8-11(17(4)5)7-10(2)3/h9-11,15H,6-8H2,1-5H3,(H,14,16). The lowest BCUT2D eigenvalue weighted by Gasteiger charge is -2.26. The van der Waals surface area contributed by atoms with E-state index in [1.54, 1.807) is 0 Å². The van der Waals surface area contributed by atoms with Gasteiger partial charge in [-0.05, 0) is 26.4 Å². The Morgan fingerprint density at radius 3 is 2.50 bits per heavy atom. The lowest BCUT2D eigenvalue weighted by Crippen LogP contribution is -2.41. The average Bonchev–Trinajstić information content (AvgIpc) is 2.83. The largest absolute Gasteiger partial charge is 0.332 e. The van der Waals surface area contributed by atoms with Crippen LogP contribution in [0.2, 0.25) is 0 Å². The summed E-state index contributed by atoms with van der Waals surface area (Å²) in [6.07, 6.45) is 3.00. The number of aromatic nitrogens is 2. The minimum atomic E-state index is -3.51. The van der Waals surface area contributed by atoms with Gasteiger partial charge >= 0.3 is 0 Å². The van der Waals surface area contributed by atoms with Crippen molar-refractivity contribution in [3.8, 4) is 0 Å². The zero-order chi connectivity index (χ0) is 15.3. The van der Waals surface area contributed by atoms with E-state index < -0.39 is 10.0 Å². The molecule has 1 heterocycles. The second kappa shape index (κ2) is 7.19. The minimum Gasteiger partial charge on any atom is -0.332 e. The molecule has 0 bridgehead atoms. The van der Waals surface area contributed by atoms with E-state index in [0.717, 1.165) is 6.42 Å². The van der Waals surface area contributed by atoms with Crippen LogP contribution in [-0.4, -0.2) is 50.0 Å². The van der Waals surface area contributed by atoms with Gasteiger partial charge in [-0.25, -0.2) is 18.1 Å². The Labute approximate surface area is 122 Å². The van der Waals surface area contributed by atoms with Crippen molar-refractivity contribution in [2.75, 3.05) is 20.6 Å². The predicted molar refractivity (Wildman–Crippen MR) is 80.1 cm³/mol. The van der Waals surface area contributed by atoms with Crippen LogP contribution in [0.3, 0.4) is 0 Å². The van der Waals surface area contributed by atoms with Gasteiger partial charge in [0, 0.05) is 19.0 Å². The molecule has 0 aliphatic rings. The molecule has 1 atom stereocenters. The van der Waals surface area contributed by atoms with Crippen LogP contribution in [0.25, 0.3) is 0 Å². The van der Waals surface area contributed by atoms with E-state index in [9.17, 15) is 8.42 Å². The van der Waals surface area contributed by atoms with Gasteiger partial charge in [-0.3, -0.25) is 0 Å². The second-order valence-electron chi connectivity index (χ2n) is 5.65. The van der Waals surface area contributed by atoms with E-state index in [1.807, 2.05) is 25.9 Å². The van der Waals surface area contributed by atoms with Crippen LogP contribution in [0.1, 0.15) is 33.0 Å². The molecule has 0 radical (unpaired) electrons. The van der Waals surface area contributed by atoms with Gasteiger partial charge in [-0.2, -0.15) is 0 Å². The normalized spacial score (nSPS) is 14.2. The first-order valence-electron chi connectivity index (χ1n) is 6.96. The molecule has 0 spiro atoms. The molecule has 1 rings (SSSR count). The molecule has 7 heteroatoms. The van der Waals surface area contributed by atoms with E-state index >= 15 is 0 Å². The lowest BCUT2D eigenvalue weighted by molar-refractivity contribution is 0.255. The smallest absolute Gasteiger partial charge is 0.257 e. The molecule has 1 aromatic heterocycles. The van der Waals surface area contributed by atoms with Crippen molar-refractivity contribution in [3.05, 3.63) is 12.0 Å². The van der Waals surface area contributed by atoms with Gasteiger partial charge in [0.25, 0.3) is 10.0 Å². The molecule has 116 valence electrons. The Balaban J connectivity index is 2.70. The van der Waals surface area contributed by atoms with Crippen LogP contribution < -0.4 is 4.72 Å². The van der Waals surface area contributed by atoms with Crippen molar-refractivity contribution < 1.29 is 8.42 Å². The van der Waals surface area contributed by atoms with E-state index in [2.05, 4.69) is 28.5 Å². The van der Waals surface area contributed by atoms with E-state index in [0.29, 0.717) is 24.7 Å². The fraction of sp³-hybridized carbons (Fsp3) is 0.769. The minimum absolute atomic E-state index is 0.136. The Bertz CT molecular complexity index is 508. The first-order valence-corrected chi connectivity index (χ1v) is 8.44. The van der Waals surface area contributed by atoms with Crippen LogP contribution in [0.5, 0.6) is 0 Å². The fourth-order valence-corrected chi connectivity index (χ4v) is 2.98. The van der Waals surface area contributed by atoms with Gasteiger partial charge in [-0.15, -0.1) is 0 Å². The topological polar surface area (TPSA) is 78.1 Å².